The van der Waals surface area contributed by atoms with Crippen molar-refractivity contribution >= 4 is 29.8 Å². The Bertz CT molecular complexity index is 613. The fourth-order valence-corrected chi connectivity index (χ4v) is 1.77. The van der Waals surface area contributed by atoms with Gasteiger partial charge in [-0.15, -0.1) is 0 Å². The molecule has 22 heavy (non-hydrogen) atoms. The van der Waals surface area contributed by atoms with Gasteiger partial charge < -0.3 is 0 Å². The summed E-state index contributed by atoms with van der Waals surface area (Å²) < 4.78 is 0. The molecular weight excluding hydrogens is 292 g/mol. The van der Waals surface area contributed by atoms with Gasteiger partial charge in [0.1, 0.15) is 0 Å². The van der Waals surface area contributed by atoms with Crippen LogP contribution in [0, 0.1) is 13.8 Å². The minimum atomic E-state index is 0.340. The standard InChI is InChI=1S/C17H18N4S/c1-13-3-7-15(8-4-13)11-18-20-17(22)21-19-12-16-9-5-14(2)6-10-16/h3-12H,1-2H3,(H2,20,21,22)/b18-11+,19-12?. The Morgan fingerprint density at radius 3 is 1.50 bits per heavy atom. The van der Waals surface area contributed by atoms with Crippen molar-refractivity contribution < 1.29 is 0 Å². The summed E-state index contributed by atoms with van der Waals surface area (Å²) in [6, 6.07) is 16.1. The molecule has 2 aromatic carbocycles. The van der Waals surface area contributed by atoms with Gasteiger partial charge in [-0.05, 0) is 37.2 Å². The third-order valence-electron chi connectivity index (χ3n) is 2.91. The topological polar surface area (TPSA) is 48.8 Å². The Morgan fingerprint density at radius 1 is 0.773 bits per heavy atom. The average molecular weight is 310 g/mol. The van der Waals surface area contributed by atoms with Gasteiger partial charge in [0.2, 0.25) is 5.11 Å². The number of thiocarbonyl (C=S) groups is 1. The molecule has 0 heterocycles. The van der Waals surface area contributed by atoms with Gasteiger partial charge in [0.25, 0.3) is 0 Å². The fraction of sp³-hybridized carbons (Fsp3) is 0.118. The summed E-state index contributed by atoms with van der Waals surface area (Å²) in [5, 5.41) is 8.45. The van der Waals surface area contributed by atoms with Crippen LogP contribution in [0.2, 0.25) is 0 Å². The van der Waals surface area contributed by atoms with Gasteiger partial charge in [0.05, 0.1) is 12.4 Å². The van der Waals surface area contributed by atoms with Crippen molar-refractivity contribution in [2.75, 3.05) is 0 Å². The first-order valence-electron chi connectivity index (χ1n) is 6.89. The van der Waals surface area contributed by atoms with Crippen LogP contribution in [0.25, 0.3) is 0 Å². The Labute approximate surface area is 136 Å². The molecular formula is C17H18N4S. The Morgan fingerprint density at radius 2 is 1.14 bits per heavy atom. The number of aryl methyl sites for hydroxylation is 2. The van der Waals surface area contributed by atoms with Crippen LogP contribution in [0.5, 0.6) is 0 Å². The van der Waals surface area contributed by atoms with E-state index in [0.717, 1.165) is 11.1 Å². The number of hydrogen-bond acceptors (Lipinski definition) is 3. The quantitative estimate of drug-likeness (QED) is 0.518. The molecule has 0 saturated carbocycles. The summed E-state index contributed by atoms with van der Waals surface area (Å²) in [6.45, 7) is 4.09. The van der Waals surface area contributed by atoms with Gasteiger partial charge in [0.15, 0.2) is 0 Å². The lowest BCUT2D eigenvalue weighted by molar-refractivity contribution is 0.935. The van der Waals surface area contributed by atoms with Crippen LogP contribution in [-0.2, 0) is 0 Å². The Balaban J connectivity index is 1.78. The highest BCUT2D eigenvalue weighted by Gasteiger charge is 1.91. The van der Waals surface area contributed by atoms with Crippen molar-refractivity contribution in [1.29, 1.82) is 0 Å². The highest BCUT2D eigenvalue weighted by Crippen LogP contribution is 2.00. The lowest BCUT2D eigenvalue weighted by Gasteiger charge is -2.01. The third kappa shape index (κ3) is 5.46. The van der Waals surface area contributed by atoms with Gasteiger partial charge in [-0.3, -0.25) is 10.9 Å². The first kappa shape index (κ1) is 15.9. The molecule has 5 heteroatoms. The number of benzene rings is 2. The monoisotopic (exact) mass is 310 g/mol. The summed E-state index contributed by atoms with van der Waals surface area (Å²) in [7, 11) is 0. The molecule has 2 aromatic rings. The molecule has 0 bridgehead atoms. The molecule has 112 valence electrons. The molecule has 0 aromatic heterocycles. The zero-order chi connectivity index (χ0) is 15.8. The maximum atomic E-state index is 5.08. The molecule has 0 radical (unpaired) electrons. The van der Waals surface area contributed by atoms with Crippen LogP contribution in [0.4, 0.5) is 0 Å². The third-order valence-corrected chi connectivity index (χ3v) is 3.10. The van der Waals surface area contributed by atoms with Crippen molar-refractivity contribution in [2.24, 2.45) is 10.2 Å². The summed E-state index contributed by atoms with van der Waals surface area (Å²) in [5.41, 5.74) is 9.87. The Hall–Kier alpha value is -2.53. The van der Waals surface area contributed by atoms with E-state index < -0.39 is 0 Å². The molecule has 0 amide bonds. The zero-order valence-corrected chi connectivity index (χ0v) is 13.4. The lowest BCUT2D eigenvalue weighted by Crippen LogP contribution is -2.28. The molecule has 0 aliphatic rings. The maximum absolute atomic E-state index is 5.08. The van der Waals surface area contributed by atoms with Crippen molar-refractivity contribution in [2.45, 2.75) is 13.8 Å². The molecule has 4 nitrogen and oxygen atoms in total. The highest BCUT2D eigenvalue weighted by atomic mass is 32.1. The van der Waals surface area contributed by atoms with Crippen molar-refractivity contribution in [3.05, 3.63) is 70.8 Å². The number of nitrogens with zero attached hydrogens (tertiary/aromatic N) is 2. The molecule has 0 aliphatic carbocycles. The van der Waals surface area contributed by atoms with Crippen LogP contribution in [0.1, 0.15) is 22.3 Å². The fourth-order valence-electron chi connectivity index (χ4n) is 1.66. The molecule has 0 aliphatic heterocycles. The minimum Gasteiger partial charge on any atom is -0.252 e. The van der Waals surface area contributed by atoms with Crippen LogP contribution in [-0.4, -0.2) is 17.5 Å². The van der Waals surface area contributed by atoms with Crippen LogP contribution < -0.4 is 10.9 Å². The van der Waals surface area contributed by atoms with Crippen LogP contribution in [0.3, 0.4) is 0 Å². The molecule has 0 unspecified atom stereocenters. The van der Waals surface area contributed by atoms with E-state index in [9.17, 15) is 0 Å². The zero-order valence-electron chi connectivity index (χ0n) is 12.6. The molecule has 0 spiro atoms. The number of hydrazone groups is 2. The first-order chi connectivity index (χ1) is 10.6. The van der Waals surface area contributed by atoms with Gasteiger partial charge in [-0.2, -0.15) is 10.2 Å². The van der Waals surface area contributed by atoms with Crippen LogP contribution >= 0.6 is 12.2 Å². The molecule has 0 atom stereocenters. The van der Waals surface area contributed by atoms with Gasteiger partial charge in [0, 0.05) is 0 Å². The van der Waals surface area contributed by atoms with E-state index in [1.54, 1.807) is 12.4 Å². The second-order valence-corrected chi connectivity index (χ2v) is 5.30. The van der Waals surface area contributed by atoms with Gasteiger partial charge in [-0.1, -0.05) is 59.7 Å². The van der Waals surface area contributed by atoms with E-state index in [1.165, 1.54) is 11.1 Å². The Kier molecular flexibility index (Phi) is 5.80. The number of nitrogens with one attached hydrogen (secondary N) is 2. The predicted molar refractivity (Wildman–Crippen MR) is 96.4 cm³/mol. The first-order valence-corrected chi connectivity index (χ1v) is 7.30. The van der Waals surface area contributed by atoms with Crippen molar-refractivity contribution in [1.82, 2.24) is 10.9 Å². The molecule has 0 saturated heterocycles. The van der Waals surface area contributed by atoms with E-state index >= 15 is 0 Å². The predicted octanol–water partition coefficient (Wildman–Crippen LogP) is 3.14. The minimum absolute atomic E-state index is 0.340. The second-order valence-electron chi connectivity index (χ2n) is 4.89. The molecule has 2 rings (SSSR count). The van der Waals surface area contributed by atoms with E-state index in [-0.39, 0.29) is 0 Å². The average Bonchev–Trinajstić information content (AvgIpc) is 2.51. The number of rotatable bonds is 4. The smallest absolute Gasteiger partial charge is 0.207 e. The normalized spacial score (nSPS) is 11.0. The van der Waals surface area contributed by atoms with E-state index in [1.807, 2.05) is 62.4 Å². The largest absolute Gasteiger partial charge is 0.252 e. The highest BCUT2D eigenvalue weighted by molar-refractivity contribution is 7.80. The summed E-state index contributed by atoms with van der Waals surface area (Å²) in [4.78, 5) is 0. The second kappa shape index (κ2) is 8.05. The summed E-state index contributed by atoms with van der Waals surface area (Å²) in [5.74, 6) is 0. The molecule has 0 fully saturated rings. The summed E-state index contributed by atoms with van der Waals surface area (Å²) in [6.07, 6.45) is 3.41. The van der Waals surface area contributed by atoms with Crippen molar-refractivity contribution in [3.63, 3.8) is 0 Å². The van der Waals surface area contributed by atoms with E-state index in [2.05, 4.69) is 21.1 Å². The lowest BCUT2D eigenvalue weighted by atomic mass is 10.2. The van der Waals surface area contributed by atoms with Crippen LogP contribution in [0.15, 0.2) is 58.7 Å². The van der Waals surface area contributed by atoms with E-state index in [4.69, 9.17) is 12.2 Å². The van der Waals surface area contributed by atoms with Gasteiger partial charge in [-0.25, -0.2) is 0 Å². The molecule has 2 N–H and O–H groups in total. The van der Waals surface area contributed by atoms with Crippen molar-refractivity contribution in [3.8, 4) is 0 Å². The van der Waals surface area contributed by atoms with Gasteiger partial charge >= 0.3 is 0 Å². The number of hydrogen-bond donors (Lipinski definition) is 2. The SMILES string of the molecule is Cc1ccc(C=NNC(=S)N/N=C/c2ccc(C)cc2)cc1. The summed E-state index contributed by atoms with van der Waals surface area (Å²) >= 11 is 5.08. The maximum Gasteiger partial charge on any atom is 0.207 e. The van der Waals surface area contributed by atoms with E-state index in [0.29, 0.717) is 5.11 Å².